The van der Waals surface area contributed by atoms with Gasteiger partial charge in [-0.3, -0.25) is 4.79 Å². The molecule has 0 saturated carbocycles. The predicted octanol–water partition coefficient (Wildman–Crippen LogP) is 2.28. The number of carbonyl (C=O) groups excluding carboxylic acids is 1. The summed E-state index contributed by atoms with van der Waals surface area (Å²) in [6.07, 6.45) is 0.0741. The van der Waals surface area contributed by atoms with Gasteiger partial charge in [-0.05, 0) is 41.9 Å². The Hall–Kier alpha value is -1.07. The van der Waals surface area contributed by atoms with E-state index in [0.29, 0.717) is 28.9 Å². The van der Waals surface area contributed by atoms with Crippen molar-refractivity contribution < 1.29 is 9.53 Å². The topological polar surface area (TPSA) is 55.6 Å². The number of ether oxygens (including phenoxy) is 1. The van der Waals surface area contributed by atoms with Crippen LogP contribution in [0.2, 0.25) is 0 Å². The van der Waals surface area contributed by atoms with Crippen molar-refractivity contribution in [3.8, 4) is 0 Å². The lowest BCUT2D eigenvalue weighted by molar-refractivity contribution is -0.0387. The van der Waals surface area contributed by atoms with Crippen LogP contribution in [0.1, 0.15) is 24.2 Å². The summed E-state index contributed by atoms with van der Waals surface area (Å²) >= 11 is 3.38. The van der Waals surface area contributed by atoms with E-state index in [1.54, 1.807) is 18.2 Å². The molecule has 18 heavy (non-hydrogen) atoms. The number of amides is 1. The number of hydrogen-bond acceptors (Lipinski definition) is 3. The maximum Gasteiger partial charge on any atom is 0.255 e. The molecule has 0 radical (unpaired) electrons. The lowest BCUT2D eigenvalue weighted by Crippen LogP contribution is -2.50. The molecular formula is C13H17BrN2O2. The third-order valence-electron chi connectivity index (χ3n) is 3.13. The van der Waals surface area contributed by atoms with Crippen LogP contribution in [0.15, 0.2) is 22.7 Å². The molecule has 5 heteroatoms. The Bertz CT molecular complexity index is 464. The standard InChI is InChI=1S/C13H17BrN2O2/c1-8-7-18-9(2)6-16(8)13(17)10-4-3-5-11(15)12(10)14/h3-5,8-9H,6-7,15H2,1-2H3. The number of nitrogens with two attached hydrogens (primary N) is 1. The highest BCUT2D eigenvalue weighted by molar-refractivity contribution is 9.10. The van der Waals surface area contributed by atoms with E-state index < -0.39 is 0 Å². The highest BCUT2D eigenvalue weighted by Gasteiger charge is 2.29. The molecule has 1 aromatic carbocycles. The molecule has 1 amide bonds. The summed E-state index contributed by atoms with van der Waals surface area (Å²) in [5.74, 6) is -0.00294. The minimum atomic E-state index is -0.00294. The van der Waals surface area contributed by atoms with Crippen LogP contribution in [0.3, 0.4) is 0 Å². The van der Waals surface area contributed by atoms with Crippen LogP contribution in [0.25, 0.3) is 0 Å². The highest BCUT2D eigenvalue weighted by Crippen LogP contribution is 2.26. The summed E-state index contributed by atoms with van der Waals surface area (Å²) in [5, 5.41) is 0. The molecule has 2 unspecified atom stereocenters. The van der Waals surface area contributed by atoms with Gasteiger partial charge < -0.3 is 15.4 Å². The second-order valence-corrected chi connectivity index (χ2v) is 5.45. The van der Waals surface area contributed by atoms with E-state index in [-0.39, 0.29) is 18.1 Å². The lowest BCUT2D eigenvalue weighted by Gasteiger charge is -2.37. The number of morpholine rings is 1. The Labute approximate surface area is 115 Å². The average Bonchev–Trinajstić information content (AvgIpc) is 2.35. The van der Waals surface area contributed by atoms with E-state index in [0.717, 1.165) is 0 Å². The first-order chi connectivity index (χ1) is 8.50. The van der Waals surface area contributed by atoms with Crippen LogP contribution in [0.5, 0.6) is 0 Å². The van der Waals surface area contributed by atoms with Gasteiger partial charge in [0.1, 0.15) is 0 Å². The van der Waals surface area contributed by atoms with Gasteiger partial charge >= 0.3 is 0 Å². The summed E-state index contributed by atoms with van der Waals surface area (Å²) in [7, 11) is 0. The van der Waals surface area contributed by atoms with E-state index >= 15 is 0 Å². The molecule has 4 nitrogen and oxygen atoms in total. The normalized spacial score (nSPS) is 24.1. The van der Waals surface area contributed by atoms with Gasteiger partial charge in [-0.15, -0.1) is 0 Å². The molecule has 0 bridgehead atoms. The van der Waals surface area contributed by atoms with Crippen molar-refractivity contribution in [2.24, 2.45) is 0 Å². The van der Waals surface area contributed by atoms with Crippen molar-refractivity contribution in [1.82, 2.24) is 4.90 Å². The lowest BCUT2D eigenvalue weighted by atomic mass is 10.1. The Morgan fingerprint density at radius 2 is 2.22 bits per heavy atom. The van der Waals surface area contributed by atoms with E-state index in [1.165, 1.54) is 0 Å². The summed E-state index contributed by atoms with van der Waals surface area (Å²) < 4.78 is 6.20. The SMILES string of the molecule is CC1CN(C(=O)c2cccc(N)c2Br)C(C)CO1. The molecular weight excluding hydrogens is 296 g/mol. The first-order valence-corrected chi connectivity index (χ1v) is 6.76. The Kier molecular flexibility index (Phi) is 3.92. The van der Waals surface area contributed by atoms with E-state index in [1.807, 2.05) is 18.7 Å². The zero-order chi connectivity index (χ0) is 13.3. The van der Waals surface area contributed by atoms with Crippen molar-refractivity contribution in [3.05, 3.63) is 28.2 Å². The quantitative estimate of drug-likeness (QED) is 0.809. The van der Waals surface area contributed by atoms with Gasteiger partial charge in [-0.1, -0.05) is 6.07 Å². The number of carbonyl (C=O) groups is 1. The molecule has 1 fully saturated rings. The maximum absolute atomic E-state index is 12.5. The molecule has 98 valence electrons. The molecule has 1 heterocycles. The van der Waals surface area contributed by atoms with Gasteiger partial charge in [0.25, 0.3) is 5.91 Å². The monoisotopic (exact) mass is 312 g/mol. The number of anilines is 1. The average molecular weight is 313 g/mol. The second kappa shape index (κ2) is 5.28. The summed E-state index contributed by atoms with van der Waals surface area (Å²) in [5.41, 5.74) is 6.99. The van der Waals surface area contributed by atoms with Crippen LogP contribution >= 0.6 is 15.9 Å². The third-order valence-corrected chi connectivity index (χ3v) is 4.01. The smallest absolute Gasteiger partial charge is 0.255 e. The van der Waals surface area contributed by atoms with Gasteiger partial charge in [0.15, 0.2) is 0 Å². The molecule has 1 aromatic rings. The number of benzene rings is 1. The van der Waals surface area contributed by atoms with E-state index in [4.69, 9.17) is 10.5 Å². The van der Waals surface area contributed by atoms with Crippen molar-refractivity contribution in [1.29, 1.82) is 0 Å². The molecule has 1 aliphatic heterocycles. The predicted molar refractivity (Wildman–Crippen MR) is 74.5 cm³/mol. The number of halogens is 1. The number of nitrogens with zero attached hydrogens (tertiary/aromatic N) is 1. The van der Waals surface area contributed by atoms with Crippen LogP contribution < -0.4 is 5.73 Å². The molecule has 2 rings (SSSR count). The van der Waals surface area contributed by atoms with E-state index in [2.05, 4.69) is 15.9 Å². The van der Waals surface area contributed by atoms with Gasteiger partial charge in [0.2, 0.25) is 0 Å². The third kappa shape index (κ3) is 2.52. The first kappa shape index (κ1) is 13.4. The largest absolute Gasteiger partial charge is 0.398 e. The van der Waals surface area contributed by atoms with Gasteiger partial charge in [-0.2, -0.15) is 0 Å². The Morgan fingerprint density at radius 1 is 1.50 bits per heavy atom. The van der Waals surface area contributed by atoms with Crippen LogP contribution in [-0.2, 0) is 4.74 Å². The maximum atomic E-state index is 12.5. The molecule has 1 aliphatic rings. The summed E-state index contributed by atoms with van der Waals surface area (Å²) in [4.78, 5) is 14.4. The van der Waals surface area contributed by atoms with Gasteiger partial charge in [0, 0.05) is 12.2 Å². The fourth-order valence-electron chi connectivity index (χ4n) is 2.06. The van der Waals surface area contributed by atoms with Crippen LogP contribution in [0, 0.1) is 0 Å². The second-order valence-electron chi connectivity index (χ2n) is 4.66. The minimum Gasteiger partial charge on any atom is -0.398 e. The number of nitrogen functional groups attached to an aromatic ring is 1. The van der Waals surface area contributed by atoms with Gasteiger partial charge in [0.05, 0.1) is 28.8 Å². The van der Waals surface area contributed by atoms with Crippen LogP contribution in [0.4, 0.5) is 5.69 Å². The molecule has 2 N–H and O–H groups in total. The zero-order valence-electron chi connectivity index (χ0n) is 10.5. The summed E-state index contributed by atoms with van der Waals surface area (Å²) in [6, 6.07) is 5.44. The Morgan fingerprint density at radius 3 is 2.94 bits per heavy atom. The first-order valence-electron chi connectivity index (χ1n) is 5.97. The fourth-order valence-corrected chi connectivity index (χ4v) is 2.49. The molecule has 1 saturated heterocycles. The number of rotatable bonds is 1. The summed E-state index contributed by atoms with van der Waals surface area (Å²) in [6.45, 7) is 5.15. The highest BCUT2D eigenvalue weighted by atomic mass is 79.9. The van der Waals surface area contributed by atoms with Crippen LogP contribution in [-0.4, -0.2) is 36.1 Å². The molecule has 0 aromatic heterocycles. The van der Waals surface area contributed by atoms with Crippen molar-refractivity contribution in [2.45, 2.75) is 26.0 Å². The van der Waals surface area contributed by atoms with E-state index in [9.17, 15) is 4.79 Å². The molecule has 2 atom stereocenters. The molecule has 0 spiro atoms. The minimum absolute atomic E-state index is 0.00294. The van der Waals surface area contributed by atoms with Gasteiger partial charge in [-0.25, -0.2) is 0 Å². The Balaban J connectivity index is 2.27. The van der Waals surface area contributed by atoms with Crippen molar-refractivity contribution in [3.63, 3.8) is 0 Å². The number of hydrogen-bond donors (Lipinski definition) is 1. The van der Waals surface area contributed by atoms with Crippen molar-refractivity contribution >= 4 is 27.5 Å². The fraction of sp³-hybridized carbons (Fsp3) is 0.462. The zero-order valence-corrected chi connectivity index (χ0v) is 12.1. The molecule has 0 aliphatic carbocycles. The van der Waals surface area contributed by atoms with Crippen molar-refractivity contribution in [2.75, 3.05) is 18.9 Å².